The van der Waals surface area contributed by atoms with Gasteiger partial charge in [0.1, 0.15) is 0 Å². The lowest BCUT2D eigenvalue weighted by atomic mass is 9.93. The predicted octanol–water partition coefficient (Wildman–Crippen LogP) is 1.39. The van der Waals surface area contributed by atoms with E-state index in [1.165, 1.54) is 25.9 Å². The fourth-order valence-electron chi connectivity index (χ4n) is 2.12. The van der Waals surface area contributed by atoms with Gasteiger partial charge in [-0.15, -0.1) is 0 Å². The Kier molecular flexibility index (Phi) is 2.82. The third-order valence-electron chi connectivity index (χ3n) is 3.11. The van der Waals surface area contributed by atoms with E-state index in [0.717, 1.165) is 5.69 Å². The summed E-state index contributed by atoms with van der Waals surface area (Å²) in [6.45, 7) is 6.90. The summed E-state index contributed by atoms with van der Waals surface area (Å²) in [5.41, 5.74) is 1.13. The van der Waals surface area contributed by atoms with E-state index in [1.54, 1.807) is 0 Å². The molecule has 0 aromatic carbocycles. The van der Waals surface area contributed by atoms with Crippen LogP contribution in [-0.4, -0.2) is 39.4 Å². The van der Waals surface area contributed by atoms with Gasteiger partial charge in [-0.05, 0) is 39.8 Å². The zero-order valence-electron chi connectivity index (χ0n) is 8.90. The van der Waals surface area contributed by atoms with E-state index >= 15 is 0 Å². The van der Waals surface area contributed by atoms with Crippen LogP contribution < -0.4 is 0 Å². The van der Waals surface area contributed by atoms with Crippen LogP contribution in [0, 0.1) is 0 Å². The summed E-state index contributed by atoms with van der Waals surface area (Å²) in [7, 11) is 0. The Morgan fingerprint density at radius 1 is 1.43 bits per heavy atom. The third-order valence-corrected chi connectivity index (χ3v) is 3.11. The largest absolute Gasteiger partial charge is 0.301 e. The highest BCUT2D eigenvalue weighted by Crippen LogP contribution is 2.26. The summed E-state index contributed by atoms with van der Waals surface area (Å²) in [4.78, 5) is 2.52. The number of nitrogens with zero attached hydrogens (tertiary/aromatic N) is 3. The lowest BCUT2D eigenvalue weighted by molar-refractivity contribution is 0.171. The first-order valence-electron chi connectivity index (χ1n) is 5.37. The molecule has 0 spiro atoms. The van der Waals surface area contributed by atoms with Crippen molar-refractivity contribution in [1.82, 2.24) is 20.3 Å². The molecule has 1 aromatic heterocycles. The van der Waals surface area contributed by atoms with Gasteiger partial charge in [0.25, 0.3) is 0 Å². The molecular weight excluding hydrogens is 176 g/mol. The van der Waals surface area contributed by atoms with Crippen molar-refractivity contribution in [2.45, 2.75) is 38.6 Å². The number of hydrogen-bond donors (Lipinski definition) is 1. The maximum absolute atomic E-state index is 4.16. The van der Waals surface area contributed by atoms with E-state index in [4.69, 9.17) is 0 Å². The monoisotopic (exact) mass is 194 g/mol. The van der Waals surface area contributed by atoms with E-state index in [0.29, 0.717) is 12.0 Å². The summed E-state index contributed by atoms with van der Waals surface area (Å²) in [5, 5.41) is 10.7. The Labute approximate surface area is 84.7 Å². The molecule has 0 saturated carbocycles. The smallest absolute Gasteiger partial charge is 0.0856 e. The number of rotatable bonds is 2. The molecule has 14 heavy (non-hydrogen) atoms. The highest BCUT2D eigenvalue weighted by Gasteiger charge is 2.23. The van der Waals surface area contributed by atoms with Gasteiger partial charge >= 0.3 is 0 Å². The highest BCUT2D eigenvalue weighted by atomic mass is 15.3. The lowest BCUT2D eigenvalue weighted by Crippen LogP contribution is -2.37. The third kappa shape index (κ3) is 1.95. The minimum atomic E-state index is 0.615. The first-order valence-corrected chi connectivity index (χ1v) is 5.37. The lowest BCUT2D eigenvalue weighted by Gasteiger charge is -2.33. The van der Waals surface area contributed by atoms with Gasteiger partial charge in [-0.2, -0.15) is 15.4 Å². The van der Waals surface area contributed by atoms with Crippen LogP contribution in [0.4, 0.5) is 0 Å². The zero-order valence-corrected chi connectivity index (χ0v) is 8.90. The molecule has 1 saturated heterocycles. The van der Waals surface area contributed by atoms with Crippen LogP contribution in [0.3, 0.4) is 0 Å². The number of aromatic amines is 1. The van der Waals surface area contributed by atoms with E-state index in [2.05, 4.69) is 34.2 Å². The SMILES string of the molecule is CC(C)N1CCC(c2cn[nH]n2)CC1. The molecule has 1 fully saturated rings. The first-order chi connectivity index (χ1) is 6.77. The molecule has 2 heterocycles. The van der Waals surface area contributed by atoms with Crippen molar-refractivity contribution in [2.24, 2.45) is 0 Å². The van der Waals surface area contributed by atoms with Crippen LogP contribution in [0.25, 0.3) is 0 Å². The van der Waals surface area contributed by atoms with Gasteiger partial charge in [0, 0.05) is 12.0 Å². The molecule has 0 amide bonds. The Morgan fingerprint density at radius 3 is 2.64 bits per heavy atom. The maximum atomic E-state index is 4.16. The van der Waals surface area contributed by atoms with Gasteiger partial charge in [-0.25, -0.2) is 0 Å². The van der Waals surface area contributed by atoms with Gasteiger partial charge in [-0.1, -0.05) is 0 Å². The quantitative estimate of drug-likeness (QED) is 0.774. The van der Waals surface area contributed by atoms with Crippen LogP contribution in [0.1, 0.15) is 38.3 Å². The van der Waals surface area contributed by atoms with Gasteiger partial charge in [0.2, 0.25) is 0 Å². The van der Waals surface area contributed by atoms with E-state index < -0.39 is 0 Å². The van der Waals surface area contributed by atoms with Gasteiger partial charge in [0.05, 0.1) is 11.9 Å². The van der Waals surface area contributed by atoms with Crippen molar-refractivity contribution >= 4 is 0 Å². The molecule has 0 radical (unpaired) electrons. The summed E-state index contributed by atoms with van der Waals surface area (Å²) in [5.74, 6) is 0.615. The second kappa shape index (κ2) is 4.09. The number of aromatic nitrogens is 3. The molecule has 1 aromatic rings. The number of hydrogen-bond acceptors (Lipinski definition) is 3. The molecule has 1 N–H and O–H groups in total. The Morgan fingerprint density at radius 2 is 2.14 bits per heavy atom. The fourth-order valence-corrected chi connectivity index (χ4v) is 2.12. The van der Waals surface area contributed by atoms with Crippen LogP contribution in [0.5, 0.6) is 0 Å². The zero-order chi connectivity index (χ0) is 9.97. The average molecular weight is 194 g/mol. The Bertz CT molecular complexity index is 260. The van der Waals surface area contributed by atoms with Gasteiger partial charge < -0.3 is 4.90 Å². The second-order valence-corrected chi connectivity index (χ2v) is 4.30. The molecular formula is C10H18N4. The molecule has 78 valence electrons. The van der Waals surface area contributed by atoms with Crippen molar-refractivity contribution in [2.75, 3.05) is 13.1 Å². The normalized spacial score (nSPS) is 20.5. The average Bonchev–Trinajstić information content (AvgIpc) is 2.71. The fraction of sp³-hybridized carbons (Fsp3) is 0.800. The van der Waals surface area contributed by atoms with E-state index in [-0.39, 0.29) is 0 Å². The number of H-pyrrole nitrogens is 1. The van der Waals surface area contributed by atoms with Crippen molar-refractivity contribution in [3.05, 3.63) is 11.9 Å². The number of piperidine rings is 1. The Balaban J connectivity index is 1.90. The standard InChI is InChI=1S/C10H18N4/c1-8(2)14-5-3-9(4-6-14)10-7-11-13-12-10/h7-9H,3-6H2,1-2H3,(H,11,12,13). The minimum Gasteiger partial charge on any atom is -0.301 e. The maximum Gasteiger partial charge on any atom is 0.0856 e. The summed E-state index contributed by atoms with van der Waals surface area (Å²) >= 11 is 0. The molecule has 2 rings (SSSR count). The van der Waals surface area contributed by atoms with Crippen LogP contribution in [0.2, 0.25) is 0 Å². The number of nitrogens with one attached hydrogen (secondary N) is 1. The number of likely N-dealkylation sites (tertiary alicyclic amines) is 1. The second-order valence-electron chi connectivity index (χ2n) is 4.30. The van der Waals surface area contributed by atoms with E-state index in [9.17, 15) is 0 Å². The van der Waals surface area contributed by atoms with Crippen LogP contribution in [0.15, 0.2) is 6.20 Å². The first kappa shape index (κ1) is 9.65. The highest BCUT2D eigenvalue weighted by molar-refractivity contribution is 5.02. The topological polar surface area (TPSA) is 44.8 Å². The minimum absolute atomic E-state index is 0.615. The molecule has 1 aliphatic heterocycles. The molecule has 4 nitrogen and oxygen atoms in total. The molecule has 1 aliphatic rings. The molecule has 0 bridgehead atoms. The van der Waals surface area contributed by atoms with Crippen molar-refractivity contribution in [3.8, 4) is 0 Å². The van der Waals surface area contributed by atoms with E-state index in [1.807, 2.05) is 6.20 Å². The summed E-state index contributed by atoms with van der Waals surface area (Å²) in [6.07, 6.45) is 4.28. The predicted molar refractivity (Wildman–Crippen MR) is 55.1 cm³/mol. The molecule has 0 unspecified atom stereocenters. The summed E-state index contributed by atoms with van der Waals surface area (Å²) in [6, 6.07) is 0.674. The summed E-state index contributed by atoms with van der Waals surface area (Å²) < 4.78 is 0. The van der Waals surface area contributed by atoms with Gasteiger partial charge in [0.15, 0.2) is 0 Å². The molecule has 0 aliphatic carbocycles. The molecule has 4 heteroatoms. The van der Waals surface area contributed by atoms with Crippen molar-refractivity contribution in [3.63, 3.8) is 0 Å². The van der Waals surface area contributed by atoms with Crippen molar-refractivity contribution in [1.29, 1.82) is 0 Å². The molecule has 0 atom stereocenters. The van der Waals surface area contributed by atoms with Crippen LogP contribution >= 0.6 is 0 Å². The van der Waals surface area contributed by atoms with Gasteiger partial charge in [-0.3, -0.25) is 0 Å². The Hall–Kier alpha value is -0.900. The van der Waals surface area contributed by atoms with Crippen molar-refractivity contribution < 1.29 is 0 Å². The van der Waals surface area contributed by atoms with Crippen LogP contribution in [-0.2, 0) is 0 Å².